The molecule has 18 heavy (non-hydrogen) atoms. The third kappa shape index (κ3) is 1.82. The molecule has 2 aromatic carbocycles. The van der Waals surface area contributed by atoms with Crippen molar-refractivity contribution in [2.24, 2.45) is 0 Å². The number of methoxy groups -OCH3 is 1. The number of rotatable bonds is 1. The van der Waals surface area contributed by atoms with Gasteiger partial charge in [-0.15, -0.1) is 0 Å². The summed E-state index contributed by atoms with van der Waals surface area (Å²) in [6, 6.07) is 9.74. The first-order valence-electron chi connectivity index (χ1n) is 6.06. The van der Waals surface area contributed by atoms with Crippen molar-refractivity contribution in [1.29, 1.82) is 0 Å². The lowest BCUT2D eigenvalue weighted by molar-refractivity contribution is 0.0601. The normalized spacial score (nSPS) is 13.8. The molecule has 0 atom stereocenters. The number of benzene rings is 2. The zero-order valence-corrected chi connectivity index (χ0v) is 10.2. The van der Waals surface area contributed by atoms with Crippen LogP contribution in [0.3, 0.4) is 0 Å². The molecule has 1 aliphatic rings. The van der Waals surface area contributed by atoms with E-state index in [-0.39, 0.29) is 5.97 Å². The van der Waals surface area contributed by atoms with Gasteiger partial charge in [-0.25, -0.2) is 4.79 Å². The lowest BCUT2D eigenvalue weighted by atomic mass is 9.99. The molecule has 0 spiro atoms. The number of hydrogen-bond donors (Lipinski definition) is 0. The lowest BCUT2D eigenvalue weighted by Gasteiger charge is -2.18. The standard InChI is InChI=1S/C15H14O3/c1-17-15(16)12-5-4-10-9-14-11(3-2-6-18-14)7-13(10)8-12/h4-5,7-9H,2-3,6H2,1H3. The molecule has 0 saturated carbocycles. The molecule has 2 aromatic rings. The Labute approximate surface area is 105 Å². The lowest BCUT2D eigenvalue weighted by Crippen LogP contribution is -2.08. The molecule has 0 aromatic heterocycles. The summed E-state index contributed by atoms with van der Waals surface area (Å²) in [4.78, 5) is 11.5. The zero-order chi connectivity index (χ0) is 12.5. The van der Waals surface area contributed by atoms with E-state index in [9.17, 15) is 4.79 Å². The zero-order valence-electron chi connectivity index (χ0n) is 10.2. The molecule has 1 aliphatic heterocycles. The van der Waals surface area contributed by atoms with E-state index in [1.54, 1.807) is 6.07 Å². The average molecular weight is 242 g/mol. The highest BCUT2D eigenvalue weighted by atomic mass is 16.5. The van der Waals surface area contributed by atoms with E-state index in [2.05, 4.69) is 6.07 Å². The highest BCUT2D eigenvalue weighted by Crippen LogP contribution is 2.30. The van der Waals surface area contributed by atoms with Gasteiger partial charge in [-0.05, 0) is 53.4 Å². The van der Waals surface area contributed by atoms with Gasteiger partial charge < -0.3 is 9.47 Å². The molecule has 0 unspecified atom stereocenters. The van der Waals surface area contributed by atoms with E-state index >= 15 is 0 Å². The maximum Gasteiger partial charge on any atom is 0.337 e. The summed E-state index contributed by atoms with van der Waals surface area (Å²) in [5.74, 6) is 0.672. The molecular formula is C15H14O3. The number of fused-ring (bicyclic) bond motifs is 2. The maximum atomic E-state index is 11.5. The van der Waals surface area contributed by atoms with Gasteiger partial charge in [0.25, 0.3) is 0 Å². The maximum absolute atomic E-state index is 11.5. The summed E-state index contributed by atoms with van der Waals surface area (Å²) in [6.45, 7) is 0.790. The number of esters is 1. The molecule has 0 saturated heterocycles. The van der Waals surface area contributed by atoms with Gasteiger partial charge in [0, 0.05) is 0 Å². The van der Waals surface area contributed by atoms with Crippen LogP contribution in [0.15, 0.2) is 30.3 Å². The summed E-state index contributed by atoms with van der Waals surface area (Å²) >= 11 is 0. The Hall–Kier alpha value is -2.03. The van der Waals surface area contributed by atoms with Crippen molar-refractivity contribution in [3.63, 3.8) is 0 Å². The van der Waals surface area contributed by atoms with Gasteiger partial charge in [0.1, 0.15) is 5.75 Å². The smallest absolute Gasteiger partial charge is 0.337 e. The van der Waals surface area contributed by atoms with E-state index in [0.29, 0.717) is 5.56 Å². The second-order valence-corrected chi connectivity index (χ2v) is 4.47. The van der Waals surface area contributed by atoms with E-state index in [0.717, 1.165) is 36.0 Å². The molecule has 0 N–H and O–H groups in total. The van der Waals surface area contributed by atoms with Gasteiger partial charge in [-0.1, -0.05) is 6.07 Å². The first-order valence-corrected chi connectivity index (χ1v) is 6.06. The van der Waals surface area contributed by atoms with E-state index in [1.165, 1.54) is 12.7 Å². The van der Waals surface area contributed by atoms with Crippen LogP contribution in [0, 0.1) is 0 Å². The first kappa shape index (κ1) is 11.1. The monoisotopic (exact) mass is 242 g/mol. The fourth-order valence-electron chi connectivity index (χ4n) is 2.34. The van der Waals surface area contributed by atoms with Crippen molar-refractivity contribution < 1.29 is 14.3 Å². The Kier molecular flexibility index (Phi) is 2.67. The van der Waals surface area contributed by atoms with Crippen LogP contribution in [0.2, 0.25) is 0 Å². The van der Waals surface area contributed by atoms with Gasteiger partial charge in [0.2, 0.25) is 0 Å². The number of hydrogen-bond acceptors (Lipinski definition) is 3. The van der Waals surface area contributed by atoms with Crippen LogP contribution in [-0.2, 0) is 11.2 Å². The highest BCUT2D eigenvalue weighted by Gasteiger charge is 2.12. The van der Waals surface area contributed by atoms with Crippen LogP contribution in [0.1, 0.15) is 22.3 Å². The fourth-order valence-corrected chi connectivity index (χ4v) is 2.34. The van der Waals surface area contributed by atoms with Crippen molar-refractivity contribution >= 4 is 16.7 Å². The Balaban J connectivity index is 2.13. The Morgan fingerprint density at radius 2 is 2.11 bits per heavy atom. The summed E-state index contributed by atoms with van der Waals surface area (Å²) in [7, 11) is 1.40. The second-order valence-electron chi connectivity index (χ2n) is 4.47. The van der Waals surface area contributed by atoms with Gasteiger partial charge >= 0.3 is 5.97 Å². The quantitative estimate of drug-likeness (QED) is 0.721. The third-order valence-electron chi connectivity index (χ3n) is 3.29. The number of carbonyl (C=O) groups is 1. The second kappa shape index (κ2) is 4.33. The van der Waals surface area contributed by atoms with Crippen molar-refractivity contribution in [3.8, 4) is 5.75 Å². The van der Waals surface area contributed by atoms with Crippen LogP contribution >= 0.6 is 0 Å². The molecule has 0 radical (unpaired) electrons. The number of ether oxygens (including phenoxy) is 2. The van der Waals surface area contributed by atoms with Crippen LogP contribution in [0.25, 0.3) is 10.8 Å². The number of carbonyl (C=O) groups excluding carboxylic acids is 1. The molecule has 0 bridgehead atoms. The minimum absolute atomic E-state index is 0.300. The van der Waals surface area contributed by atoms with E-state index in [4.69, 9.17) is 9.47 Å². The minimum Gasteiger partial charge on any atom is -0.493 e. The van der Waals surface area contributed by atoms with Crippen molar-refractivity contribution in [2.45, 2.75) is 12.8 Å². The highest BCUT2D eigenvalue weighted by molar-refractivity contribution is 5.96. The summed E-state index contributed by atoms with van der Waals surface area (Å²) in [6.07, 6.45) is 2.09. The van der Waals surface area contributed by atoms with Crippen molar-refractivity contribution in [2.75, 3.05) is 13.7 Å². The Bertz CT molecular complexity index is 616. The van der Waals surface area contributed by atoms with Gasteiger partial charge in [-0.3, -0.25) is 0 Å². The van der Waals surface area contributed by atoms with Gasteiger partial charge in [0.15, 0.2) is 0 Å². The van der Waals surface area contributed by atoms with Crippen LogP contribution in [0.4, 0.5) is 0 Å². The Morgan fingerprint density at radius 1 is 1.22 bits per heavy atom. The fraction of sp³-hybridized carbons (Fsp3) is 0.267. The van der Waals surface area contributed by atoms with Crippen LogP contribution in [0.5, 0.6) is 5.75 Å². The predicted molar refractivity (Wildman–Crippen MR) is 69.1 cm³/mol. The SMILES string of the molecule is COC(=O)c1ccc2cc3c(cc2c1)CCCO3. The number of aryl methyl sites for hydroxylation is 1. The summed E-state index contributed by atoms with van der Waals surface area (Å²) < 4.78 is 10.4. The largest absolute Gasteiger partial charge is 0.493 e. The molecular weight excluding hydrogens is 228 g/mol. The third-order valence-corrected chi connectivity index (χ3v) is 3.29. The minimum atomic E-state index is -0.300. The van der Waals surface area contributed by atoms with Crippen molar-refractivity contribution in [3.05, 3.63) is 41.5 Å². The topological polar surface area (TPSA) is 35.5 Å². The average Bonchev–Trinajstić information content (AvgIpc) is 2.43. The molecule has 3 rings (SSSR count). The summed E-state index contributed by atoms with van der Waals surface area (Å²) in [5.41, 5.74) is 1.80. The molecule has 1 heterocycles. The molecule has 92 valence electrons. The molecule has 3 heteroatoms. The van der Waals surface area contributed by atoms with Gasteiger partial charge in [-0.2, -0.15) is 0 Å². The first-order chi connectivity index (χ1) is 8.78. The molecule has 0 fully saturated rings. The predicted octanol–water partition coefficient (Wildman–Crippen LogP) is 2.95. The summed E-state index contributed by atoms with van der Waals surface area (Å²) in [5, 5.41) is 2.14. The van der Waals surface area contributed by atoms with Crippen LogP contribution in [-0.4, -0.2) is 19.7 Å². The van der Waals surface area contributed by atoms with Crippen LogP contribution < -0.4 is 4.74 Å². The molecule has 0 amide bonds. The Morgan fingerprint density at radius 3 is 2.94 bits per heavy atom. The van der Waals surface area contributed by atoms with E-state index < -0.39 is 0 Å². The molecule has 0 aliphatic carbocycles. The van der Waals surface area contributed by atoms with Crippen molar-refractivity contribution in [1.82, 2.24) is 0 Å². The van der Waals surface area contributed by atoms with E-state index in [1.807, 2.05) is 18.2 Å². The molecule has 3 nitrogen and oxygen atoms in total. The van der Waals surface area contributed by atoms with Gasteiger partial charge in [0.05, 0.1) is 19.3 Å².